The lowest BCUT2D eigenvalue weighted by Crippen LogP contribution is -2.39. The standard InChI is InChI=1S/C19H29NO4/c1-14(2)13-23-17(21)11-18(22)24-19(15(3)4)20(5)12-16-9-7-6-8-10-16/h6-10,14-15,19H,11-13H2,1-5H3/t19-/m1/s1. The summed E-state index contributed by atoms with van der Waals surface area (Å²) in [4.78, 5) is 25.6. The third kappa shape index (κ3) is 7.59. The molecule has 0 aliphatic heterocycles. The van der Waals surface area contributed by atoms with Gasteiger partial charge in [0, 0.05) is 12.5 Å². The average molecular weight is 335 g/mol. The number of hydrogen-bond donors (Lipinski definition) is 0. The van der Waals surface area contributed by atoms with Crippen molar-refractivity contribution in [1.82, 2.24) is 4.90 Å². The molecule has 1 atom stereocenters. The summed E-state index contributed by atoms with van der Waals surface area (Å²) in [5.41, 5.74) is 1.14. The molecule has 0 bridgehead atoms. The van der Waals surface area contributed by atoms with Crippen LogP contribution in [0, 0.1) is 11.8 Å². The number of carbonyl (C=O) groups excluding carboxylic acids is 2. The van der Waals surface area contributed by atoms with E-state index in [1.165, 1.54) is 0 Å². The predicted molar refractivity (Wildman–Crippen MR) is 93.0 cm³/mol. The largest absolute Gasteiger partial charge is 0.465 e. The minimum absolute atomic E-state index is 0.106. The molecule has 1 rings (SSSR count). The minimum atomic E-state index is -0.553. The highest BCUT2D eigenvalue weighted by molar-refractivity contribution is 5.91. The van der Waals surface area contributed by atoms with E-state index in [9.17, 15) is 9.59 Å². The van der Waals surface area contributed by atoms with Crippen LogP contribution >= 0.6 is 0 Å². The van der Waals surface area contributed by atoms with Gasteiger partial charge < -0.3 is 9.47 Å². The van der Waals surface area contributed by atoms with Crippen LogP contribution in [0.15, 0.2) is 30.3 Å². The maximum absolute atomic E-state index is 12.0. The molecule has 5 heteroatoms. The van der Waals surface area contributed by atoms with Gasteiger partial charge in [-0.1, -0.05) is 58.0 Å². The molecule has 0 amide bonds. The van der Waals surface area contributed by atoms with Crippen molar-refractivity contribution in [2.45, 2.75) is 46.9 Å². The molecule has 0 radical (unpaired) electrons. The zero-order valence-electron chi connectivity index (χ0n) is 15.3. The lowest BCUT2D eigenvalue weighted by atomic mass is 10.1. The molecule has 134 valence electrons. The predicted octanol–water partition coefficient (Wildman–Crippen LogP) is 3.23. The molecule has 0 aliphatic rings. The normalized spacial score (nSPS) is 12.5. The molecule has 0 heterocycles. The highest BCUT2D eigenvalue weighted by atomic mass is 16.6. The van der Waals surface area contributed by atoms with Crippen molar-refractivity contribution in [3.63, 3.8) is 0 Å². The van der Waals surface area contributed by atoms with E-state index < -0.39 is 18.2 Å². The van der Waals surface area contributed by atoms with Crippen molar-refractivity contribution in [1.29, 1.82) is 0 Å². The van der Waals surface area contributed by atoms with E-state index >= 15 is 0 Å². The molecular formula is C19H29NO4. The van der Waals surface area contributed by atoms with Gasteiger partial charge in [-0.15, -0.1) is 0 Å². The Morgan fingerprint density at radius 1 is 1.04 bits per heavy atom. The Morgan fingerprint density at radius 2 is 1.67 bits per heavy atom. The fourth-order valence-corrected chi connectivity index (χ4v) is 2.30. The van der Waals surface area contributed by atoms with Crippen molar-refractivity contribution in [3.05, 3.63) is 35.9 Å². The van der Waals surface area contributed by atoms with E-state index in [2.05, 4.69) is 0 Å². The van der Waals surface area contributed by atoms with Gasteiger partial charge in [0.05, 0.1) is 6.61 Å². The summed E-state index contributed by atoms with van der Waals surface area (Å²) in [6.45, 7) is 8.83. The van der Waals surface area contributed by atoms with Gasteiger partial charge in [0.1, 0.15) is 6.42 Å². The smallest absolute Gasteiger partial charge is 0.318 e. The first-order valence-corrected chi connectivity index (χ1v) is 8.38. The van der Waals surface area contributed by atoms with Gasteiger partial charge in [0.2, 0.25) is 0 Å². The SMILES string of the molecule is CC(C)COC(=O)CC(=O)O[C@H](C(C)C)N(C)Cc1ccccc1. The van der Waals surface area contributed by atoms with Crippen LogP contribution in [0.5, 0.6) is 0 Å². The van der Waals surface area contributed by atoms with E-state index in [4.69, 9.17) is 9.47 Å². The summed E-state index contributed by atoms with van der Waals surface area (Å²) < 4.78 is 10.5. The zero-order chi connectivity index (χ0) is 18.1. The first kappa shape index (κ1) is 20.2. The van der Waals surface area contributed by atoms with Crippen LogP contribution in [0.3, 0.4) is 0 Å². The van der Waals surface area contributed by atoms with Crippen LogP contribution in [-0.2, 0) is 25.6 Å². The molecule has 24 heavy (non-hydrogen) atoms. The molecule has 1 aromatic rings. The maximum atomic E-state index is 12.0. The van der Waals surface area contributed by atoms with Gasteiger partial charge in [-0.2, -0.15) is 0 Å². The molecular weight excluding hydrogens is 306 g/mol. The van der Waals surface area contributed by atoms with E-state index in [0.29, 0.717) is 13.2 Å². The Balaban J connectivity index is 2.55. The van der Waals surface area contributed by atoms with Crippen LogP contribution in [0.25, 0.3) is 0 Å². The maximum Gasteiger partial charge on any atom is 0.318 e. The topological polar surface area (TPSA) is 55.8 Å². The number of rotatable bonds is 9. The Bertz CT molecular complexity index is 513. The van der Waals surface area contributed by atoms with Crippen LogP contribution in [0.1, 0.15) is 39.7 Å². The summed E-state index contributed by atoms with van der Waals surface area (Å²) in [7, 11) is 1.90. The molecule has 0 unspecified atom stereocenters. The molecule has 0 saturated carbocycles. The van der Waals surface area contributed by atoms with Gasteiger partial charge in [-0.25, -0.2) is 0 Å². The second kappa shape index (κ2) is 10.1. The van der Waals surface area contributed by atoms with Crippen molar-refractivity contribution in [3.8, 4) is 0 Å². The Kier molecular flexibility index (Phi) is 8.47. The Morgan fingerprint density at radius 3 is 2.21 bits per heavy atom. The van der Waals surface area contributed by atoms with Crippen LogP contribution in [0.4, 0.5) is 0 Å². The minimum Gasteiger partial charge on any atom is -0.465 e. The van der Waals surface area contributed by atoms with Crippen molar-refractivity contribution < 1.29 is 19.1 Å². The summed E-state index contributed by atoms with van der Waals surface area (Å²) in [6, 6.07) is 9.97. The highest BCUT2D eigenvalue weighted by Gasteiger charge is 2.24. The Labute approximate surface area is 144 Å². The second-order valence-electron chi connectivity index (χ2n) is 6.78. The van der Waals surface area contributed by atoms with Gasteiger partial charge in [-0.3, -0.25) is 14.5 Å². The summed E-state index contributed by atoms with van der Waals surface area (Å²) in [6.07, 6.45) is -0.745. The molecule has 5 nitrogen and oxygen atoms in total. The lowest BCUT2D eigenvalue weighted by Gasteiger charge is -2.30. The molecule has 0 saturated heterocycles. The van der Waals surface area contributed by atoms with E-state index in [-0.39, 0.29) is 18.3 Å². The molecule has 0 aromatic heterocycles. The van der Waals surface area contributed by atoms with E-state index in [1.54, 1.807) is 0 Å². The van der Waals surface area contributed by atoms with Crippen molar-refractivity contribution >= 4 is 11.9 Å². The fraction of sp³-hybridized carbons (Fsp3) is 0.579. The molecule has 0 spiro atoms. The van der Waals surface area contributed by atoms with Gasteiger partial charge in [-0.05, 0) is 18.5 Å². The molecule has 0 fully saturated rings. The van der Waals surface area contributed by atoms with Crippen LogP contribution < -0.4 is 0 Å². The quantitative estimate of drug-likeness (QED) is 0.394. The third-order valence-electron chi connectivity index (χ3n) is 3.40. The van der Waals surface area contributed by atoms with E-state index in [0.717, 1.165) is 5.56 Å². The summed E-state index contributed by atoms with van der Waals surface area (Å²) in [5.74, 6) is -0.746. The Hall–Kier alpha value is -1.88. The number of hydrogen-bond acceptors (Lipinski definition) is 5. The van der Waals surface area contributed by atoms with Crippen LogP contribution in [0.2, 0.25) is 0 Å². The second-order valence-corrected chi connectivity index (χ2v) is 6.78. The third-order valence-corrected chi connectivity index (χ3v) is 3.40. The first-order valence-electron chi connectivity index (χ1n) is 8.38. The summed E-state index contributed by atoms with van der Waals surface area (Å²) in [5, 5.41) is 0. The molecule has 0 N–H and O–H groups in total. The van der Waals surface area contributed by atoms with E-state index in [1.807, 2.05) is 70.0 Å². The van der Waals surface area contributed by atoms with Crippen molar-refractivity contribution in [2.24, 2.45) is 11.8 Å². The van der Waals surface area contributed by atoms with Gasteiger partial charge in [0.15, 0.2) is 6.23 Å². The number of benzene rings is 1. The lowest BCUT2D eigenvalue weighted by molar-refractivity contribution is -0.168. The number of esters is 2. The number of carbonyl (C=O) groups is 2. The average Bonchev–Trinajstić information content (AvgIpc) is 2.51. The zero-order valence-corrected chi connectivity index (χ0v) is 15.3. The fourth-order valence-electron chi connectivity index (χ4n) is 2.30. The summed E-state index contributed by atoms with van der Waals surface area (Å²) >= 11 is 0. The number of ether oxygens (including phenoxy) is 2. The van der Waals surface area contributed by atoms with Gasteiger partial charge in [0.25, 0.3) is 0 Å². The van der Waals surface area contributed by atoms with Gasteiger partial charge >= 0.3 is 11.9 Å². The molecule has 0 aliphatic carbocycles. The van der Waals surface area contributed by atoms with Crippen molar-refractivity contribution in [2.75, 3.05) is 13.7 Å². The highest BCUT2D eigenvalue weighted by Crippen LogP contribution is 2.15. The molecule has 1 aromatic carbocycles. The number of nitrogens with zero attached hydrogens (tertiary/aromatic N) is 1. The monoisotopic (exact) mass is 335 g/mol. The van der Waals surface area contributed by atoms with Crippen LogP contribution in [-0.4, -0.2) is 36.7 Å². The first-order chi connectivity index (χ1) is 11.3.